The molecule has 2 saturated heterocycles. The number of nitrogens with zero attached hydrogens (tertiary/aromatic N) is 1. The molecule has 16 heavy (non-hydrogen) atoms. The maximum absolute atomic E-state index is 12.1. The third-order valence-electron chi connectivity index (χ3n) is 4.08. The maximum Gasteiger partial charge on any atom is 0.254 e. The highest BCUT2D eigenvalue weighted by Gasteiger charge is 2.54. The van der Waals surface area contributed by atoms with Crippen molar-refractivity contribution in [1.82, 2.24) is 4.90 Å². The Hall–Kier alpha value is -0.570. The molecule has 2 aliphatic rings. The summed E-state index contributed by atoms with van der Waals surface area (Å²) in [7, 11) is 0. The van der Waals surface area contributed by atoms with Gasteiger partial charge in [0.2, 0.25) is 0 Å². The lowest BCUT2D eigenvalue weighted by atomic mass is 9.84. The van der Waals surface area contributed by atoms with E-state index in [0.717, 1.165) is 32.4 Å². The van der Waals surface area contributed by atoms with E-state index < -0.39 is 0 Å². The Balaban J connectivity index is 1.88. The highest BCUT2D eigenvalue weighted by Crippen LogP contribution is 2.41. The van der Waals surface area contributed by atoms with Crippen LogP contribution >= 0.6 is 0 Å². The minimum atomic E-state index is -0.145. The molecule has 2 heterocycles. The molecule has 2 rings (SSSR count). The van der Waals surface area contributed by atoms with Crippen molar-refractivity contribution in [2.75, 3.05) is 13.1 Å². The lowest BCUT2D eigenvalue weighted by Crippen LogP contribution is -2.40. The Morgan fingerprint density at radius 1 is 1.31 bits per heavy atom. The van der Waals surface area contributed by atoms with Crippen LogP contribution in [0.25, 0.3) is 0 Å². The first-order chi connectivity index (χ1) is 7.56. The van der Waals surface area contributed by atoms with Gasteiger partial charge in [-0.3, -0.25) is 4.79 Å². The van der Waals surface area contributed by atoms with Crippen molar-refractivity contribution in [3.8, 4) is 0 Å². The molecule has 0 aliphatic carbocycles. The number of ether oxygens (including phenoxy) is 1. The molecular weight excluding hydrogens is 202 g/mol. The van der Waals surface area contributed by atoms with Crippen molar-refractivity contribution in [3.05, 3.63) is 0 Å². The number of likely N-dealkylation sites (tertiary alicyclic amines) is 1. The number of epoxide rings is 1. The number of hydrogen-bond donors (Lipinski definition) is 0. The largest absolute Gasteiger partial charge is 0.359 e. The maximum atomic E-state index is 12.1. The summed E-state index contributed by atoms with van der Waals surface area (Å²) in [5, 5.41) is 0. The number of rotatable bonds is 3. The fourth-order valence-corrected chi connectivity index (χ4v) is 2.39. The number of carbonyl (C=O) groups is 1. The molecule has 2 fully saturated rings. The molecule has 3 nitrogen and oxygen atoms in total. The standard InChI is InChI=1S/C13H23NO2/c1-4-13(2,3)11-10(16-11)12(15)14-8-6-5-7-9-14/h10-11H,4-9H2,1-3H3. The van der Waals surface area contributed by atoms with Crippen molar-refractivity contribution in [2.45, 2.75) is 58.7 Å². The summed E-state index contributed by atoms with van der Waals surface area (Å²) < 4.78 is 5.60. The Bertz CT molecular complexity index is 269. The summed E-state index contributed by atoms with van der Waals surface area (Å²) in [4.78, 5) is 14.1. The zero-order valence-electron chi connectivity index (χ0n) is 10.7. The van der Waals surface area contributed by atoms with Gasteiger partial charge in [-0.25, -0.2) is 0 Å². The van der Waals surface area contributed by atoms with Crippen molar-refractivity contribution >= 4 is 5.91 Å². The summed E-state index contributed by atoms with van der Waals surface area (Å²) in [6.07, 6.45) is 4.63. The third-order valence-corrected chi connectivity index (χ3v) is 4.08. The van der Waals surface area contributed by atoms with Crippen LogP contribution in [0.2, 0.25) is 0 Å². The highest BCUT2D eigenvalue weighted by molar-refractivity contribution is 5.84. The van der Waals surface area contributed by atoms with E-state index in [-0.39, 0.29) is 23.5 Å². The van der Waals surface area contributed by atoms with Gasteiger partial charge >= 0.3 is 0 Å². The molecule has 92 valence electrons. The van der Waals surface area contributed by atoms with Gasteiger partial charge in [-0.05, 0) is 31.1 Å². The van der Waals surface area contributed by atoms with E-state index in [0.29, 0.717) is 0 Å². The van der Waals surface area contributed by atoms with E-state index in [4.69, 9.17) is 4.74 Å². The van der Waals surface area contributed by atoms with Crippen LogP contribution in [0.3, 0.4) is 0 Å². The number of piperidine rings is 1. The van der Waals surface area contributed by atoms with Crippen LogP contribution < -0.4 is 0 Å². The smallest absolute Gasteiger partial charge is 0.254 e. The molecule has 2 aliphatic heterocycles. The van der Waals surface area contributed by atoms with E-state index in [1.807, 2.05) is 4.90 Å². The molecule has 2 atom stereocenters. The van der Waals surface area contributed by atoms with Gasteiger partial charge in [-0.1, -0.05) is 20.8 Å². The summed E-state index contributed by atoms with van der Waals surface area (Å²) in [6.45, 7) is 8.38. The quantitative estimate of drug-likeness (QED) is 0.690. The van der Waals surface area contributed by atoms with Gasteiger partial charge in [0.1, 0.15) is 0 Å². The lowest BCUT2D eigenvalue weighted by molar-refractivity contribution is -0.133. The first-order valence-corrected chi connectivity index (χ1v) is 6.50. The van der Waals surface area contributed by atoms with E-state index in [9.17, 15) is 4.79 Å². The molecule has 0 aromatic rings. The molecule has 0 aromatic heterocycles. The zero-order valence-corrected chi connectivity index (χ0v) is 10.7. The average molecular weight is 225 g/mol. The lowest BCUT2D eigenvalue weighted by Gasteiger charge is -2.27. The first kappa shape index (κ1) is 11.9. The number of hydrogen-bond acceptors (Lipinski definition) is 2. The van der Waals surface area contributed by atoms with Gasteiger partial charge in [0.15, 0.2) is 6.10 Å². The second-order valence-electron chi connectivity index (χ2n) is 5.71. The van der Waals surface area contributed by atoms with Crippen molar-refractivity contribution in [1.29, 1.82) is 0 Å². The average Bonchev–Trinajstić information content (AvgIpc) is 3.10. The summed E-state index contributed by atoms with van der Waals surface area (Å²) in [5.74, 6) is 0.228. The second kappa shape index (κ2) is 4.36. The van der Waals surface area contributed by atoms with Gasteiger partial charge in [0, 0.05) is 13.1 Å². The van der Waals surface area contributed by atoms with Crippen LogP contribution in [0.1, 0.15) is 46.5 Å². The topological polar surface area (TPSA) is 32.8 Å². The SMILES string of the molecule is CCC(C)(C)C1OC1C(=O)N1CCCCC1. The van der Waals surface area contributed by atoms with Crippen LogP contribution in [0, 0.1) is 5.41 Å². The molecule has 0 bridgehead atoms. The predicted molar refractivity (Wildman–Crippen MR) is 63.2 cm³/mol. The van der Waals surface area contributed by atoms with Gasteiger partial charge in [-0.15, -0.1) is 0 Å². The van der Waals surface area contributed by atoms with E-state index in [2.05, 4.69) is 20.8 Å². The fourth-order valence-electron chi connectivity index (χ4n) is 2.39. The molecule has 1 amide bonds. The molecule has 3 heteroatoms. The van der Waals surface area contributed by atoms with Crippen LogP contribution in [0.15, 0.2) is 0 Å². The van der Waals surface area contributed by atoms with Crippen molar-refractivity contribution in [3.63, 3.8) is 0 Å². The van der Waals surface area contributed by atoms with Gasteiger partial charge in [0.05, 0.1) is 6.10 Å². The molecular formula is C13H23NO2. The summed E-state index contributed by atoms with van der Waals surface area (Å²) in [6, 6.07) is 0. The van der Waals surface area contributed by atoms with Crippen LogP contribution in [0.4, 0.5) is 0 Å². The fraction of sp³-hybridized carbons (Fsp3) is 0.923. The highest BCUT2D eigenvalue weighted by atomic mass is 16.6. The normalized spacial score (nSPS) is 30.3. The molecule has 0 spiro atoms. The minimum absolute atomic E-state index is 0.135. The Morgan fingerprint density at radius 2 is 1.94 bits per heavy atom. The van der Waals surface area contributed by atoms with Gasteiger partial charge in [-0.2, -0.15) is 0 Å². The predicted octanol–water partition coefficient (Wildman–Crippen LogP) is 2.20. The van der Waals surface area contributed by atoms with Crippen LogP contribution in [-0.4, -0.2) is 36.1 Å². The molecule has 0 N–H and O–H groups in total. The molecule has 0 aromatic carbocycles. The second-order valence-corrected chi connectivity index (χ2v) is 5.71. The minimum Gasteiger partial charge on any atom is -0.359 e. The van der Waals surface area contributed by atoms with Crippen LogP contribution in [-0.2, 0) is 9.53 Å². The summed E-state index contributed by atoms with van der Waals surface area (Å²) in [5.41, 5.74) is 0.135. The zero-order chi connectivity index (χ0) is 11.8. The Labute approximate surface area is 98.1 Å². The van der Waals surface area contributed by atoms with Crippen molar-refractivity contribution < 1.29 is 9.53 Å². The van der Waals surface area contributed by atoms with Crippen molar-refractivity contribution in [2.24, 2.45) is 5.41 Å². The van der Waals surface area contributed by atoms with Gasteiger partial charge < -0.3 is 9.64 Å². The summed E-state index contributed by atoms with van der Waals surface area (Å²) >= 11 is 0. The first-order valence-electron chi connectivity index (χ1n) is 6.50. The van der Waals surface area contributed by atoms with Crippen LogP contribution in [0.5, 0.6) is 0 Å². The molecule has 2 unspecified atom stereocenters. The van der Waals surface area contributed by atoms with E-state index >= 15 is 0 Å². The molecule has 0 radical (unpaired) electrons. The van der Waals surface area contributed by atoms with E-state index in [1.165, 1.54) is 6.42 Å². The van der Waals surface area contributed by atoms with Gasteiger partial charge in [0.25, 0.3) is 5.91 Å². The van der Waals surface area contributed by atoms with E-state index in [1.54, 1.807) is 0 Å². The Kier molecular flexibility index (Phi) is 3.24. The number of amides is 1. The monoisotopic (exact) mass is 225 g/mol. The Morgan fingerprint density at radius 3 is 2.50 bits per heavy atom. The third kappa shape index (κ3) is 2.24. The number of carbonyl (C=O) groups excluding carboxylic acids is 1. The molecule has 0 saturated carbocycles.